The summed E-state index contributed by atoms with van der Waals surface area (Å²) in [6.07, 6.45) is 3.08. The summed E-state index contributed by atoms with van der Waals surface area (Å²) >= 11 is 8.28. The zero-order valence-corrected chi connectivity index (χ0v) is 12.8. The summed E-state index contributed by atoms with van der Waals surface area (Å²) < 4.78 is 0.741. The lowest BCUT2D eigenvalue weighted by Gasteiger charge is -2.23. The number of nitrogens with one attached hydrogen (secondary N) is 3. The number of hydrogen-bond acceptors (Lipinski definition) is 3. The second-order valence-corrected chi connectivity index (χ2v) is 6.00. The maximum Gasteiger partial charge on any atom is 0.271 e. The van der Waals surface area contributed by atoms with E-state index in [0.29, 0.717) is 10.7 Å². The number of carbonyl (C=O) groups excluding carboxylic acids is 1. The van der Waals surface area contributed by atoms with Gasteiger partial charge in [0, 0.05) is 22.4 Å². The van der Waals surface area contributed by atoms with Crippen molar-refractivity contribution in [3.8, 4) is 0 Å². The van der Waals surface area contributed by atoms with E-state index in [0.717, 1.165) is 4.47 Å². The molecule has 1 amide bonds. The molecule has 0 unspecified atom stereocenters. The van der Waals surface area contributed by atoms with Crippen molar-refractivity contribution in [1.29, 1.82) is 0 Å². The van der Waals surface area contributed by atoms with Crippen LogP contribution in [0.1, 0.15) is 31.1 Å². The lowest BCUT2D eigenvalue weighted by molar-refractivity contribution is 0.0943. The maximum atomic E-state index is 11.7. The molecule has 1 heterocycles. The van der Waals surface area contributed by atoms with Crippen molar-refractivity contribution in [2.24, 2.45) is 0 Å². The van der Waals surface area contributed by atoms with Crippen LogP contribution >= 0.6 is 28.1 Å². The van der Waals surface area contributed by atoms with Gasteiger partial charge in [-0.15, -0.1) is 0 Å². The van der Waals surface area contributed by atoms with E-state index in [4.69, 9.17) is 12.2 Å². The van der Waals surface area contributed by atoms with Crippen molar-refractivity contribution in [2.45, 2.75) is 26.3 Å². The monoisotopic (exact) mass is 330 g/mol. The van der Waals surface area contributed by atoms with Gasteiger partial charge >= 0.3 is 0 Å². The van der Waals surface area contributed by atoms with E-state index in [1.54, 1.807) is 12.3 Å². The number of hydrogen-bond donors (Lipinski definition) is 3. The van der Waals surface area contributed by atoms with E-state index in [9.17, 15) is 4.79 Å². The zero-order chi connectivity index (χ0) is 13.8. The SMILES string of the molecule is CC(C)(C)NC(=S)NNC(=O)c1cncc(Br)c1. The summed E-state index contributed by atoms with van der Waals surface area (Å²) in [6, 6.07) is 1.67. The molecule has 0 saturated carbocycles. The summed E-state index contributed by atoms with van der Waals surface area (Å²) in [6.45, 7) is 5.92. The average Bonchev–Trinajstić information content (AvgIpc) is 2.23. The Balaban J connectivity index is 2.49. The summed E-state index contributed by atoms with van der Waals surface area (Å²) in [5.41, 5.74) is 5.41. The molecular weight excluding hydrogens is 316 g/mol. The van der Waals surface area contributed by atoms with Crippen molar-refractivity contribution in [2.75, 3.05) is 0 Å². The van der Waals surface area contributed by atoms with Crippen LogP contribution in [0, 0.1) is 0 Å². The first-order chi connectivity index (χ1) is 8.28. The molecule has 0 aromatic carbocycles. The Kier molecular flexibility index (Phi) is 5.03. The summed E-state index contributed by atoms with van der Waals surface area (Å²) in [5.74, 6) is -0.304. The third-order valence-electron chi connectivity index (χ3n) is 1.75. The van der Waals surface area contributed by atoms with E-state index >= 15 is 0 Å². The zero-order valence-electron chi connectivity index (χ0n) is 10.4. The van der Waals surface area contributed by atoms with Crippen LogP contribution in [0.2, 0.25) is 0 Å². The number of pyridine rings is 1. The Bertz CT molecular complexity index is 459. The van der Waals surface area contributed by atoms with Crippen molar-refractivity contribution >= 4 is 39.2 Å². The van der Waals surface area contributed by atoms with Gasteiger partial charge in [-0.2, -0.15) is 0 Å². The molecule has 0 aliphatic carbocycles. The van der Waals surface area contributed by atoms with Crippen molar-refractivity contribution in [1.82, 2.24) is 21.2 Å². The van der Waals surface area contributed by atoms with Crippen LogP contribution in [0.5, 0.6) is 0 Å². The Morgan fingerprint density at radius 2 is 2.00 bits per heavy atom. The lowest BCUT2D eigenvalue weighted by Crippen LogP contribution is -2.52. The molecule has 1 aromatic rings. The van der Waals surface area contributed by atoms with E-state index in [1.165, 1.54) is 6.20 Å². The van der Waals surface area contributed by atoms with Gasteiger partial charge in [-0.25, -0.2) is 0 Å². The molecule has 18 heavy (non-hydrogen) atoms. The molecule has 1 aromatic heterocycles. The van der Waals surface area contributed by atoms with Gasteiger partial charge in [-0.05, 0) is 55.0 Å². The Labute approximate surface area is 120 Å². The molecule has 0 bridgehead atoms. The van der Waals surface area contributed by atoms with E-state index in [1.807, 2.05) is 20.8 Å². The number of thiocarbonyl (C=S) groups is 1. The number of hydrazine groups is 1. The normalized spacial score (nSPS) is 10.7. The quantitative estimate of drug-likeness (QED) is 0.540. The van der Waals surface area contributed by atoms with E-state index in [2.05, 4.69) is 37.1 Å². The van der Waals surface area contributed by atoms with Crippen LogP contribution in [0.3, 0.4) is 0 Å². The minimum Gasteiger partial charge on any atom is -0.357 e. The average molecular weight is 331 g/mol. The second kappa shape index (κ2) is 6.10. The van der Waals surface area contributed by atoms with E-state index < -0.39 is 0 Å². The highest BCUT2D eigenvalue weighted by Gasteiger charge is 2.12. The third kappa shape index (κ3) is 5.42. The minimum atomic E-state index is -0.304. The maximum absolute atomic E-state index is 11.7. The largest absolute Gasteiger partial charge is 0.357 e. The predicted molar refractivity (Wildman–Crippen MR) is 78.0 cm³/mol. The molecule has 0 fully saturated rings. The number of aromatic nitrogens is 1. The molecule has 0 spiro atoms. The first-order valence-electron chi connectivity index (χ1n) is 5.27. The molecule has 5 nitrogen and oxygen atoms in total. The van der Waals surface area contributed by atoms with Gasteiger partial charge in [-0.1, -0.05) is 0 Å². The van der Waals surface area contributed by atoms with Gasteiger partial charge in [0.1, 0.15) is 0 Å². The molecule has 1 rings (SSSR count). The van der Waals surface area contributed by atoms with Crippen molar-refractivity contribution in [3.63, 3.8) is 0 Å². The number of nitrogens with zero attached hydrogens (tertiary/aromatic N) is 1. The fraction of sp³-hybridized carbons (Fsp3) is 0.364. The first-order valence-corrected chi connectivity index (χ1v) is 6.47. The predicted octanol–water partition coefficient (Wildman–Crippen LogP) is 1.75. The highest BCUT2D eigenvalue weighted by Crippen LogP contribution is 2.08. The van der Waals surface area contributed by atoms with E-state index in [-0.39, 0.29) is 11.4 Å². The van der Waals surface area contributed by atoms with Crippen LogP contribution in [0.4, 0.5) is 0 Å². The number of carbonyl (C=O) groups is 1. The fourth-order valence-electron chi connectivity index (χ4n) is 1.09. The molecule has 0 aliphatic heterocycles. The second-order valence-electron chi connectivity index (χ2n) is 4.68. The van der Waals surface area contributed by atoms with Crippen LogP contribution in [0.25, 0.3) is 0 Å². The highest BCUT2D eigenvalue weighted by atomic mass is 79.9. The van der Waals surface area contributed by atoms with Gasteiger partial charge < -0.3 is 5.32 Å². The Hall–Kier alpha value is -1.21. The van der Waals surface area contributed by atoms with Gasteiger partial charge in [0.05, 0.1) is 5.56 Å². The van der Waals surface area contributed by atoms with Gasteiger partial charge in [0.25, 0.3) is 5.91 Å². The Morgan fingerprint density at radius 1 is 1.33 bits per heavy atom. The van der Waals surface area contributed by atoms with Crippen LogP contribution in [-0.2, 0) is 0 Å². The lowest BCUT2D eigenvalue weighted by atomic mass is 10.1. The molecule has 0 radical (unpaired) electrons. The smallest absolute Gasteiger partial charge is 0.271 e. The molecule has 98 valence electrons. The number of halogens is 1. The molecule has 3 N–H and O–H groups in total. The fourth-order valence-corrected chi connectivity index (χ4v) is 1.82. The standard InChI is InChI=1S/C11H15BrN4OS/c1-11(2,3)14-10(18)16-15-9(17)7-4-8(12)6-13-5-7/h4-6H,1-3H3,(H,15,17)(H2,14,16,18). The topological polar surface area (TPSA) is 66.0 Å². The molecular formula is C11H15BrN4OS. The summed E-state index contributed by atoms with van der Waals surface area (Å²) in [7, 11) is 0. The molecule has 0 aliphatic rings. The van der Waals surface area contributed by atoms with Gasteiger partial charge in [0.15, 0.2) is 5.11 Å². The molecule has 0 saturated heterocycles. The van der Waals surface area contributed by atoms with Crippen LogP contribution in [-0.4, -0.2) is 21.5 Å². The summed E-state index contributed by atoms with van der Waals surface area (Å²) in [4.78, 5) is 15.7. The summed E-state index contributed by atoms with van der Waals surface area (Å²) in [5, 5.41) is 3.38. The van der Waals surface area contributed by atoms with Gasteiger partial charge in [0.2, 0.25) is 0 Å². The van der Waals surface area contributed by atoms with Crippen LogP contribution in [0.15, 0.2) is 22.9 Å². The first kappa shape index (κ1) is 14.8. The minimum absolute atomic E-state index is 0.161. The number of rotatable bonds is 1. The molecule has 7 heteroatoms. The Morgan fingerprint density at radius 3 is 2.56 bits per heavy atom. The number of amides is 1. The third-order valence-corrected chi connectivity index (χ3v) is 2.38. The molecule has 0 atom stereocenters. The van der Waals surface area contributed by atoms with Crippen molar-refractivity contribution in [3.05, 3.63) is 28.5 Å². The van der Waals surface area contributed by atoms with Gasteiger partial charge in [-0.3, -0.25) is 20.6 Å². The highest BCUT2D eigenvalue weighted by molar-refractivity contribution is 9.10. The van der Waals surface area contributed by atoms with Crippen LogP contribution < -0.4 is 16.2 Å². The van der Waals surface area contributed by atoms with Crippen molar-refractivity contribution < 1.29 is 4.79 Å².